The van der Waals surface area contributed by atoms with Crippen LogP contribution >= 0.6 is 11.8 Å². The van der Waals surface area contributed by atoms with Crippen molar-refractivity contribution in [3.63, 3.8) is 0 Å². The SMILES string of the molecule is CC(C)(C)C(=O)OCCCC/C=C\CSC1CCCC1=O. The summed E-state index contributed by atoms with van der Waals surface area (Å²) in [7, 11) is 0. The molecule has 0 N–H and O–H groups in total. The van der Waals surface area contributed by atoms with Crippen molar-refractivity contribution in [2.24, 2.45) is 5.41 Å². The summed E-state index contributed by atoms with van der Waals surface area (Å²) in [4.78, 5) is 23.0. The number of rotatable bonds is 8. The lowest BCUT2D eigenvalue weighted by Gasteiger charge is -2.16. The van der Waals surface area contributed by atoms with Crippen LogP contribution in [0.15, 0.2) is 12.2 Å². The topological polar surface area (TPSA) is 43.4 Å². The van der Waals surface area contributed by atoms with Crippen LogP contribution in [0.1, 0.15) is 59.3 Å². The molecule has 0 aromatic rings. The number of esters is 1. The van der Waals surface area contributed by atoms with E-state index in [1.165, 1.54) is 0 Å². The van der Waals surface area contributed by atoms with Crippen molar-refractivity contribution in [1.29, 1.82) is 0 Å². The van der Waals surface area contributed by atoms with Gasteiger partial charge in [-0.1, -0.05) is 12.2 Å². The van der Waals surface area contributed by atoms with Gasteiger partial charge < -0.3 is 4.74 Å². The maximum absolute atomic E-state index is 11.5. The van der Waals surface area contributed by atoms with Crippen LogP contribution in [0.5, 0.6) is 0 Å². The van der Waals surface area contributed by atoms with Crippen molar-refractivity contribution in [3.05, 3.63) is 12.2 Å². The van der Waals surface area contributed by atoms with E-state index in [4.69, 9.17) is 4.74 Å². The number of hydrogen-bond donors (Lipinski definition) is 0. The summed E-state index contributed by atoms with van der Waals surface area (Å²) in [6.07, 6.45) is 10.1. The van der Waals surface area contributed by atoms with Gasteiger partial charge in [-0.15, -0.1) is 11.8 Å². The minimum atomic E-state index is -0.408. The molecule has 3 nitrogen and oxygen atoms in total. The Morgan fingerprint density at radius 1 is 1.33 bits per heavy atom. The van der Waals surface area contributed by atoms with Crippen molar-refractivity contribution >= 4 is 23.5 Å². The summed E-state index contributed by atoms with van der Waals surface area (Å²) >= 11 is 1.76. The monoisotopic (exact) mass is 312 g/mol. The van der Waals surface area contributed by atoms with Crippen LogP contribution in [0.3, 0.4) is 0 Å². The quantitative estimate of drug-likeness (QED) is 0.383. The van der Waals surface area contributed by atoms with Gasteiger partial charge >= 0.3 is 5.97 Å². The number of allylic oxidation sites excluding steroid dienone is 1. The van der Waals surface area contributed by atoms with E-state index in [0.717, 1.165) is 44.3 Å². The summed E-state index contributed by atoms with van der Waals surface area (Å²) in [5.41, 5.74) is -0.408. The first-order valence-corrected chi connectivity index (χ1v) is 8.92. The summed E-state index contributed by atoms with van der Waals surface area (Å²) < 4.78 is 5.21. The molecule has 0 saturated heterocycles. The standard InChI is InChI=1S/C17H28O3S/c1-17(2,3)16(19)20-12-7-5-4-6-8-13-21-15-11-9-10-14(15)18/h6,8,15H,4-5,7,9-13H2,1-3H3/b8-6-. The molecule has 120 valence electrons. The van der Waals surface area contributed by atoms with Gasteiger partial charge in [-0.05, 0) is 52.9 Å². The third-order valence-corrected chi connectivity index (χ3v) is 4.71. The molecule has 0 amide bonds. The minimum absolute atomic E-state index is 0.129. The molecule has 21 heavy (non-hydrogen) atoms. The number of hydrogen-bond acceptors (Lipinski definition) is 4. The predicted octanol–water partition coefficient (Wildman–Crippen LogP) is 4.16. The first-order chi connectivity index (χ1) is 9.91. The Balaban J connectivity index is 1.95. The molecule has 0 bridgehead atoms. The van der Waals surface area contributed by atoms with Crippen LogP contribution < -0.4 is 0 Å². The van der Waals surface area contributed by atoms with E-state index in [-0.39, 0.29) is 11.2 Å². The van der Waals surface area contributed by atoms with E-state index in [0.29, 0.717) is 12.4 Å². The largest absolute Gasteiger partial charge is 0.465 e. The molecule has 4 heteroatoms. The minimum Gasteiger partial charge on any atom is -0.465 e. The normalized spacial score (nSPS) is 19.4. The highest BCUT2D eigenvalue weighted by atomic mass is 32.2. The van der Waals surface area contributed by atoms with Crippen molar-refractivity contribution < 1.29 is 14.3 Å². The molecule has 0 spiro atoms. The molecule has 0 radical (unpaired) electrons. The molecule has 1 saturated carbocycles. The van der Waals surface area contributed by atoms with Crippen LogP contribution in [-0.4, -0.2) is 29.4 Å². The first-order valence-electron chi connectivity index (χ1n) is 7.88. The van der Waals surface area contributed by atoms with E-state index in [2.05, 4.69) is 12.2 Å². The molecular formula is C17H28O3S. The molecule has 1 unspecified atom stereocenters. The lowest BCUT2D eigenvalue weighted by molar-refractivity contribution is -0.153. The van der Waals surface area contributed by atoms with Gasteiger partial charge in [-0.2, -0.15) is 0 Å². The van der Waals surface area contributed by atoms with Crippen molar-refractivity contribution in [3.8, 4) is 0 Å². The Bertz CT molecular complexity index is 369. The van der Waals surface area contributed by atoms with Gasteiger partial charge in [-0.25, -0.2) is 0 Å². The van der Waals surface area contributed by atoms with Crippen LogP contribution in [-0.2, 0) is 14.3 Å². The zero-order valence-electron chi connectivity index (χ0n) is 13.5. The smallest absolute Gasteiger partial charge is 0.311 e. The fourth-order valence-corrected chi connectivity index (χ4v) is 3.18. The van der Waals surface area contributed by atoms with E-state index in [1.807, 2.05) is 20.8 Å². The summed E-state index contributed by atoms with van der Waals surface area (Å²) in [6.45, 7) is 6.11. The van der Waals surface area contributed by atoms with Crippen molar-refractivity contribution in [1.82, 2.24) is 0 Å². The lowest BCUT2D eigenvalue weighted by atomic mass is 9.97. The highest BCUT2D eigenvalue weighted by molar-refractivity contribution is 8.00. The van der Waals surface area contributed by atoms with Crippen LogP contribution in [0.2, 0.25) is 0 Å². The maximum atomic E-state index is 11.5. The number of thioether (sulfide) groups is 1. The molecule has 0 aromatic carbocycles. The van der Waals surface area contributed by atoms with Gasteiger partial charge in [-0.3, -0.25) is 9.59 Å². The molecule has 0 aliphatic heterocycles. The molecule has 1 aliphatic carbocycles. The molecule has 0 aromatic heterocycles. The molecule has 1 aliphatic rings. The Kier molecular flexibility index (Phi) is 8.09. The Morgan fingerprint density at radius 3 is 2.71 bits per heavy atom. The number of carbonyl (C=O) groups is 2. The van der Waals surface area contributed by atoms with Gasteiger partial charge in [0.25, 0.3) is 0 Å². The second-order valence-corrected chi connectivity index (χ2v) is 7.77. The molecule has 0 heterocycles. The van der Waals surface area contributed by atoms with Crippen LogP contribution in [0.4, 0.5) is 0 Å². The number of ketones is 1. The Morgan fingerprint density at radius 2 is 2.10 bits per heavy atom. The lowest BCUT2D eigenvalue weighted by Crippen LogP contribution is -2.23. The van der Waals surface area contributed by atoms with Gasteiger partial charge in [0.1, 0.15) is 5.78 Å². The maximum Gasteiger partial charge on any atom is 0.311 e. The van der Waals surface area contributed by atoms with E-state index >= 15 is 0 Å². The Hall–Kier alpha value is -0.770. The second-order valence-electron chi connectivity index (χ2n) is 6.53. The highest BCUT2D eigenvalue weighted by Gasteiger charge is 2.24. The fourth-order valence-electron chi connectivity index (χ4n) is 2.06. The van der Waals surface area contributed by atoms with Crippen molar-refractivity contribution in [2.45, 2.75) is 64.5 Å². The number of Topliss-reactive ketones (excluding diaryl/α,β-unsaturated/α-hetero) is 1. The zero-order chi connectivity index (χ0) is 15.7. The number of unbranched alkanes of at least 4 members (excludes halogenated alkanes) is 2. The van der Waals surface area contributed by atoms with Gasteiger partial charge in [0.15, 0.2) is 0 Å². The fraction of sp³-hybridized carbons (Fsp3) is 0.765. The first kappa shape index (κ1) is 18.3. The highest BCUT2D eigenvalue weighted by Crippen LogP contribution is 2.26. The third kappa shape index (κ3) is 7.70. The van der Waals surface area contributed by atoms with E-state index < -0.39 is 5.41 Å². The molecular weight excluding hydrogens is 284 g/mol. The van der Waals surface area contributed by atoms with Gasteiger partial charge in [0.05, 0.1) is 17.3 Å². The third-order valence-electron chi connectivity index (χ3n) is 3.42. The zero-order valence-corrected chi connectivity index (χ0v) is 14.3. The molecule has 1 fully saturated rings. The average Bonchev–Trinajstić information content (AvgIpc) is 2.81. The van der Waals surface area contributed by atoms with E-state index in [9.17, 15) is 9.59 Å². The Labute approximate surface area is 132 Å². The van der Waals surface area contributed by atoms with E-state index in [1.54, 1.807) is 11.8 Å². The average molecular weight is 312 g/mol. The van der Waals surface area contributed by atoms with Crippen LogP contribution in [0.25, 0.3) is 0 Å². The number of carbonyl (C=O) groups excluding carboxylic acids is 2. The summed E-state index contributed by atoms with van der Waals surface area (Å²) in [6, 6.07) is 0. The second kappa shape index (κ2) is 9.29. The summed E-state index contributed by atoms with van der Waals surface area (Å²) in [5.74, 6) is 1.22. The molecule has 1 atom stereocenters. The predicted molar refractivity (Wildman–Crippen MR) is 88.5 cm³/mol. The van der Waals surface area contributed by atoms with Crippen LogP contribution in [0, 0.1) is 5.41 Å². The van der Waals surface area contributed by atoms with Gasteiger partial charge in [0.2, 0.25) is 0 Å². The summed E-state index contributed by atoms with van der Waals surface area (Å²) in [5, 5.41) is 0.242. The molecule has 1 rings (SSSR count). The van der Waals surface area contributed by atoms with Crippen molar-refractivity contribution in [2.75, 3.05) is 12.4 Å². The van der Waals surface area contributed by atoms with Gasteiger partial charge in [0, 0.05) is 12.2 Å². The number of ether oxygens (including phenoxy) is 1.